The number of rotatable bonds is 7. The second-order valence-electron chi connectivity index (χ2n) is 6.82. The first-order chi connectivity index (χ1) is 14.0. The number of aromatic amines is 1. The Hall–Kier alpha value is -1.99. The highest BCUT2D eigenvalue weighted by molar-refractivity contribution is 7.99. The topological polar surface area (TPSA) is 64.1 Å². The molecule has 1 fully saturated rings. The van der Waals surface area contributed by atoms with Crippen LogP contribution in [0.15, 0.2) is 68.0 Å². The summed E-state index contributed by atoms with van der Waals surface area (Å²) < 4.78 is 7.24. The van der Waals surface area contributed by atoms with Gasteiger partial charge in [0, 0.05) is 9.92 Å². The summed E-state index contributed by atoms with van der Waals surface area (Å²) in [5, 5.41) is 1.59. The molecule has 2 aromatic carbocycles. The number of H-pyrrole nitrogens is 1. The molecule has 0 bridgehead atoms. The number of ether oxygens (including phenoxy) is 1. The van der Waals surface area contributed by atoms with Gasteiger partial charge in [0.25, 0.3) is 5.56 Å². The third-order valence-corrected chi connectivity index (χ3v) is 6.47. The molecule has 0 unspecified atom stereocenters. The highest BCUT2D eigenvalue weighted by atomic mass is 35.5. The SMILES string of the molecule is O=c1[nH]c(=O)n(COCc2ccccc2)c(Sc2cc(Cl)ccc2Cl)c1C1CC1. The van der Waals surface area contributed by atoms with Crippen LogP contribution in [-0.4, -0.2) is 9.55 Å². The zero-order chi connectivity index (χ0) is 20.4. The van der Waals surface area contributed by atoms with Gasteiger partial charge >= 0.3 is 5.69 Å². The maximum Gasteiger partial charge on any atom is 0.331 e. The lowest BCUT2D eigenvalue weighted by Gasteiger charge is -2.16. The maximum absolute atomic E-state index is 12.6. The molecular formula is C21H18Cl2N2O3S. The molecule has 29 heavy (non-hydrogen) atoms. The van der Waals surface area contributed by atoms with E-state index >= 15 is 0 Å². The molecule has 8 heteroatoms. The van der Waals surface area contributed by atoms with E-state index in [1.54, 1.807) is 18.2 Å². The Labute approximate surface area is 181 Å². The van der Waals surface area contributed by atoms with E-state index in [-0.39, 0.29) is 18.2 Å². The molecule has 0 aliphatic heterocycles. The van der Waals surface area contributed by atoms with Gasteiger partial charge in [0.2, 0.25) is 0 Å². The van der Waals surface area contributed by atoms with Crippen molar-refractivity contribution in [2.24, 2.45) is 0 Å². The summed E-state index contributed by atoms with van der Waals surface area (Å²) in [4.78, 5) is 28.3. The Morgan fingerprint density at radius 3 is 2.59 bits per heavy atom. The molecular weight excluding hydrogens is 431 g/mol. The van der Waals surface area contributed by atoms with Gasteiger partial charge in [-0.25, -0.2) is 4.79 Å². The van der Waals surface area contributed by atoms with Crippen LogP contribution in [0.2, 0.25) is 10.0 Å². The number of hydrogen-bond acceptors (Lipinski definition) is 4. The summed E-state index contributed by atoms with van der Waals surface area (Å²) in [7, 11) is 0. The third-order valence-electron chi connectivity index (χ3n) is 4.60. The Kier molecular flexibility index (Phi) is 6.15. The van der Waals surface area contributed by atoms with Gasteiger partial charge in [0.1, 0.15) is 6.73 Å². The molecule has 1 aliphatic rings. The van der Waals surface area contributed by atoms with Crippen LogP contribution in [0.3, 0.4) is 0 Å². The first-order valence-corrected chi connectivity index (χ1v) is 10.7. The first kappa shape index (κ1) is 20.3. The van der Waals surface area contributed by atoms with Crippen LogP contribution < -0.4 is 11.2 Å². The van der Waals surface area contributed by atoms with Crippen molar-refractivity contribution in [2.45, 2.75) is 42.0 Å². The van der Waals surface area contributed by atoms with Gasteiger partial charge in [0.15, 0.2) is 0 Å². The van der Waals surface area contributed by atoms with Crippen molar-refractivity contribution in [3.05, 3.63) is 90.5 Å². The monoisotopic (exact) mass is 448 g/mol. The van der Waals surface area contributed by atoms with E-state index < -0.39 is 5.69 Å². The molecule has 0 saturated heterocycles. The number of benzene rings is 2. The van der Waals surface area contributed by atoms with E-state index in [1.807, 2.05) is 30.3 Å². The molecule has 0 spiro atoms. The number of aromatic nitrogens is 2. The van der Waals surface area contributed by atoms with E-state index in [4.69, 9.17) is 27.9 Å². The van der Waals surface area contributed by atoms with Gasteiger partial charge in [-0.2, -0.15) is 0 Å². The average molecular weight is 449 g/mol. The van der Waals surface area contributed by atoms with Crippen molar-refractivity contribution in [1.82, 2.24) is 9.55 Å². The number of halogens is 2. The zero-order valence-electron chi connectivity index (χ0n) is 15.4. The van der Waals surface area contributed by atoms with Gasteiger partial charge in [0.05, 0.1) is 22.2 Å². The average Bonchev–Trinajstić information content (AvgIpc) is 3.52. The van der Waals surface area contributed by atoms with Crippen LogP contribution in [-0.2, 0) is 18.1 Å². The summed E-state index contributed by atoms with van der Waals surface area (Å²) in [5.41, 5.74) is 0.749. The molecule has 1 aliphatic carbocycles. The second-order valence-corrected chi connectivity index (χ2v) is 8.69. The smallest absolute Gasteiger partial charge is 0.331 e. The maximum atomic E-state index is 12.6. The molecule has 0 amide bonds. The van der Waals surface area contributed by atoms with Crippen molar-refractivity contribution in [3.63, 3.8) is 0 Å². The molecule has 1 aromatic heterocycles. The predicted octanol–water partition coefficient (Wildman–Crippen LogP) is 5.05. The van der Waals surface area contributed by atoms with E-state index in [1.165, 1.54) is 16.3 Å². The minimum absolute atomic E-state index is 0.0186. The van der Waals surface area contributed by atoms with Crippen molar-refractivity contribution in [2.75, 3.05) is 0 Å². The number of nitrogens with zero attached hydrogens (tertiary/aromatic N) is 1. The Balaban J connectivity index is 1.69. The van der Waals surface area contributed by atoms with Crippen molar-refractivity contribution in [3.8, 4) is 0 Å². The summed E-state index contributed by atoms with van der Waals surface area (Å²) in [5.74, 6) is 0.139. The highest BCUT2D eigenvalue weighted by Gasteiger charge is 2.32. The van der Waals surface area contributed by atoms with Gasteiger partial charge in [-0.05, 0) is 42.5 Å². The van der Waals surface area contributed by atoms with E-state index in [2.05, 4.69) is 4.98 Å². The van der Waals surface area contributed by atoms with Crippen LogP contribution in [0.1, 0.15) is 29.9 Å². The largest absolute Gasteiger partial charge is 0.356 e. The molecule has 4 rings (SSSR count). The lowest BCUT2D eigenvalue weighted by atomic mass is 10.2. The van der Waals surface area contributed by atoms with Crippen LogP contribution in [0, 0.1) is 0 Å². The standard InChI is InChI=1S/C21H18Cl2N2O3S/c22-15-8-9-16(23)17(10-15)29-20-18(14-6-7-14)19(26)24-21(27)25(20)12-28-11-13-4-2-1-3-5-13/h1-5,8-10,14H,6-7,11-12H2,(H,24,26,27). The normalized spacial score (nSPS) is 13.6. The summed E-state index contributed by atoms with van der Waals surface area (Å²) in [6.45, 7) is 0.373. The van der Waals surface area contributed by atoms with E-state index in [9.17, 15) is 9.59 Å². The fourth-order valence-corrected chi connectivity index (χ4v) is 4.66. The van der Waals surface area contributed by atoms with Crippen molar-refractivity contribution in [1.29, 1.82) is 0 Å². The quantitative estimate of drug-likeness (QED) is 0.513. The van der Waals surface area contributed by atoms with Gasteiger partial charge in [-0.3, -0.25) is 14.3 Å². The van der Waals surface area contributed by atoms with Gasteiger partial charge < -0.3 is 4.74 Å². The number of nitrogens with one attached hydrogen (secondary N) is 1. The van der Waals surface area contributed by atoms with E-state index in [0.29, 0.717) is 32.1 Å². The van der Waals surface area contributed by atoms with Crippen LogP contribution in [0.4, 0.5) is 0 Å². The zero-order valence-corrected chi connectivity index (χ0v) is 17.7. The third kappa shape index (κ3) is 4.78. The molecule has 1 saturated carbocycles. The molecule has 0 atom stereocenters. The summed E-state index contributed by atoms with van der Waals surface area (Å²) in [6.07, 6.45) is 1.84. The highest BCUT2D eigenvalue weighted by Crippen LogP contribution is 2.44. The molecule has 1 N–H and O–H groups in total. The van der Waals surface area contributed by atoms with Crippen LogP contribution in [0.25, 0.3) is 0 Å². The first-order valence-electron chi connectivity index (χ1n) is 9.14. The lowest BCUT2D eigenvalue weighted by molar-refractivity contribution is 0.0550. The Bertz CT molecular complexity index is 1140. The van der Waals surface area contributed by atoms with Crippen LogP contribution in [0.5, 0.6) is 0 Å². The Morgan fingerprint density at radius 1 is 1.10 bits per heavy atom. The van der Waals surface area contributed by atoms with Crippen molar-refractivity contribution < 1.29 is 4.74 Å². The molecule has 150 valence electrons. The fraction of sp³-hybridized carbons (Fsp3) is 0.238. The molecule has 3 aromatic rings. The Morgan fingerprint density at radius 2 is 1.86 bits per heavy atom. The predicted molar refractivity (Wildman–Crippen MR) is 115 cm³/mol. The van der Waals surface area contributed by atoms with Gasteiger partial charge in [-0.1, -0.05) is 65.3 Å². The summed E-state index contributed by atoms with van der Waals surface area (Å²) in [6, 6.07) is 14.8. The second kappa shape index (κ2) is 8.79. The number of hydrogen-bond donors (Lipinski definition) is 1. The molecule has 1 heterocycles. The lowest BCUT2D eigenvalue weighted by Crippen LogP contribution is -2.34. The molecule has 5 nitrogen and oxygen atoms in total. The minimum Gasteiger partial charge on any atom is -0.356 e. The molecule has 0 radical (unpaired) electrons. The summed E-state index contributed by atoms with van der Waals surface area (Å²) >= 11 is 13.7. The fourth-order valence-electron chi connectivity index (χ4n) is 3.01. The minimum atomic E-state index is -0.506. The van der Waals surface area contributed by atoms with Gasteiger partial charge in [-0.15, -0.1) is 0 Å². The van der Waals surface area contributed by atoms with Crippen molar-refractivity contribution >= 4 is 35.0 Å². The van der Waals surface area contributed by atoms with E-state index in [0.717, 1.165) is 18.4 Å². The van der Waals surface area contributed by atoms with Crippen LogP contribution >= 0.6 is 35.0 Å².